The van der Waals surface area contributed by atoms with Crippen LogP contribution in [0.5, 0.6) is 0 Å². The van der Waals surface area contributed by atoms with Gasteiger partial charge in [0.2, 0.25) is 15.9 Å². The molecule has 1 saturated heterocycles. The number of hydrogen-bond donors (Lipinski definition) is 1. The Morgan fingerprint density at radius 3 is 2.52 bits per heavy atom. The van der Waals surface area contributed by atoms with Crippen molar-refractivity contribution in [3.63, 3.8) is 0 Å². The summed E-state index contributed by atoms with van der Waals surface area (Å²) in [6.07, 6.45) is 6.93. The van der Waals surface area contributed by atoms with Crippen LogP contribution in [-0.2, 0) is 14.8 Å². The summed E-state index contributed by atoms with van der Waals surface area (Å²) in [7, 11) is -3.83. The van der Waals surface area contributed by atoms with Gasteiger partial charge in [-0.3, -0.25) is 9.69 Å². The van der Waals surface area contributed by atoms with Crippen molar-refractivity contribution in [2.45, 2.75) is 76.3 Å². The molecule has 1 aliphatic heterocycles. The molecule has 1 atom stereocenters. The van der Waals surface area contributed by atoms with E-state index in [9.17, 15) is 13.2 Å². The molecule has 2 aromatic rings. The highest BCUT2D eigenvalue weighted by molar-refractivity contribution is 7.89. The largest absolute Gasteiger partial charge is 0.339 e. The van der Waals surface area contributed by atoms with Crippen LogP contribution in [0.2, 0.25) is 0 Å². The van der Waals surface area contributed by atoms with Gasteiger partial charge in [0, 0.05) is 32.2 Å². The number of carbonyl (C=O) groups excluding carboxylic acids is 1. The molecule has 7 nitrogen and oxygen atoms in total. The van der Waals surface area contributed by atoms with Gasteiger partial charge in [-0.15, -0.1) is 11.3 Å². The van der Waals surface area contributed by atoms with Gasteiger partial charge in [0.1, 0.15) is 6.04 Å². The maximum Gasteiger partial charge on any atom is 0.241 e. The quantitative estimate of drug-likeness (QED) is 0.636. The predicted molar refractivity (Wildman–Crippen MR) is 133 cm³/mol. The Labute approximate surface area is 201 Å². The van der Waals surface area contributed by atoms with Crippen LogP contribution in [0.1, 0.15) is 57.4 Å². The highest BCUT2D eigenvalue weighted by atomic mass is 32.2. The number of carbonyl (C=O) groups is 1. The minimum Gasteiger partial charge on any atom is -0.339 e. The lowest BCUT2D eigenvalue weighted by molar-refractivity contribution is -0.135. The van der Waals surface area contributed by atoms with E-state index in [1.165, 1.54) is 43.4 Å². The molecule has 1 N–H and O–H groups in total. The number of nitrogens with zero attached hydrogens (tertiary/aromatic N) is 3. The predicted octanol–water partition coefficient (Wildman–Crippen LogP) is 3.77. The summed E-state index contributed by atoms with van der Waals surface area (Å²) >= 11 is 1.47. The van der Waals surface area contributed by atoms with Gasteiger partial charge >= 0.3 is 0 Å². The van der Waals surface area contributed by atoms with E-state index in [4.69, 9.17) is 0 Å². The van der Waals surface area contributed by atoms with Crippen LogP contribution < -0.4 is 4.72 Å². The third-order valence-corrected chi connectivity index (χ3v) is 9.20. The normalized spacial score (nSPS) is 19.9. The van der Waals surface area contributed by atoms with Crippen LogP contribution in [0, 0.1) is 12.8 Å². The number of amides is 1. The Morgan fingerprint density at radius 2 is 1.85 bits per heavy atom. The second-order valence-corrected chi connectivity index (χ2v) is 12.8. The highest BCUT2D eigenvalue weighted by Gasteiger charge is 2.33. The third-order valence-electron chi connectivity index (χ3n) is 6.80. The number of rotatable bonds is 7. The Balaban J connectivity index is 1.45. The molecular weight excluding hydrogens is 456 g/mol. The highest BCUT2D eigenvalue weighted by Crippen LogP contribution is 2.26. The van der Waals surface area contributed by atoms with Gasteiger partial charge < -0.3 is 4.90 Å². The second kappa shape index (κ2) is 10.4. The molecule has 2 heterocycles. The van der Waals surface area contributed by atoms with Crippen molar-refractivity contribution in [2.24, 2.45) is 5.92 Å². The number of hydrogen-bond acceptors (Lipinski definition) is 6. The van der Waals surface area contributed by atoms with Gasteiger partial charge in [0.25, 0.3) is 0 Å². The van der Waals surface area contributed by atoms with Crippen LogP contribution >= 0.6 is 11.3 Å². The molecule has 1 saturated carbocycles. The molecule has 0 unspecified atom stereocenters. The Bertz CT molecular complexity index is 1070. The first-order valence-corrected chi connectivity index (χ1v) is 14.5. The van der Waals surface area contributed by atoms with E-state index in [1.54, 1.807) is 18.2 Å². The van der Waals surface area contributed by atoms with Crippen LogP contribution in [0.25, 0.3) is 10.2 Å². The summed E-state index contributed by atoms with van der Waals surface area (Å²) in [6, 6.07) is 4.85. The van der Waals surface area contributed by atoms with Crippen molar-refractivity contribution < 1.29 is 13.2 Å². The van der Waals surface area contributed by atoms with E-state index in [0.717, 1.165) is 28.3 Å². The first-order valence-electron chi connectivity index (χ1n) is 12.2. The number of aryl methyl sites for hydroxylation is 1. The lowest BCUT2D eigenvalue weighted by atomic mass is 9.93. The summed E-state index contributed by atoms with van der Waals surface area (Å²) in [5.74, 6) is 0.0853. The van der Waals surface area contributed by atoms with Crippen molar-refractivity contribution in [2.75, 3.05) is 26.2 Å². The summed E-state index contributed by atoms with van der Waals surface area (Å²) in [5.41, 5.74) is 0.794. The molecule has 9 heteroatoms. The maximum absolute atomic E-state index is 13.4. The SMILES string of the molecule is Cc1nc2ccc(S(=O)(=O)N[C@H](CC(C)C)C(=O)N3CCN(C4CCCCC4)CC3)cc2s1. The van der Waals surface area contributed by atoms with Crippen molar-refractivity contribution in [3.8, 4) is 0 Å². The number of nitrogens with one attached hydrogen (secondary N) is 1. The standard InChI is InChI=1S/C24H36N4O3S2/c1-17(2)15-22(24(29)28-13-11-27(12-14-28)19-7-5-4-6-8-19)26-33(30,31)20-9-10-21-23(16-20)32-18(3)25-21/h9-10,16-17,19,22,26H,4-8,11-15H2,1-3H3/t22-/m1/s1. The van der Waals surface area contributed by atoms with E-state index >= 15 is 0 Å². The van der Waals surface area contributed by atoms with E-state index in [2.05, 4.69) is 14.6 Å². The average molecular weight is 493 g/mol. The molecule has 0 spiro atoms. The van der Waals surface area contributed by atoms with Gasteiger partial charge in [0.15, 0.2) is 0 Å². The van der Waals surface area contributed by atoms with Crippen molar-refractivity contribution >= 4 is 37.5 Å². The molecule has 1 aromatic carbocycles. The van der Waals surface area contributed by atoms with Gasteiger partial charge in [0.05, 0.1) is 20.1 Å². The molecule has 182 valence electrons. The summed E-state index contributed by atoms with van der Waals surface area (Å²) < 4.78 is 30.0. The van der Waals surface area contributed by atoms with Crippen molar-refractivity contribution in [1.29, 1.82) is 0 Å². The number of thiazole rings is 1. The minimum absolute atomic E-state index is 0.106. The summed E-state index contributed by atoms with van der Waals surface area (Å²) in [4.78, 5) is 22.4. The van der Waals surface area contributed by atoms with Gasteiger partial charge in [-0.05, 0) is 50.3 Å². The van der Waals surface area contributed by atoms with Crippen molar-refractivity contribution in [1.82, 2.24) is 19.5 Å². The van der Waals surface area contributed by atoms with E-state index in [0.29, 0.717) is 25.6 Å². The fourth-order valence-electron chi connectivity index (χ4n) is 5.09. The lowest BCUT2D eigenvalue weighted by Crippen LogP contribution is -2.56. The van der Waals surface area contributed by atoms with Gasteiger partial charge in [-0.2, -0.15) is 4.72 Å². The monoisotopic (exact) mass is 492 g/mol. The summed E-state index contributed by atoms with van der Waals surface area (Å²) in [6.45, 7) is 9.01. The zero-order valence-electron chi connectivity index (χ0n) is 19.9. The lowest BCUT2D eigenvalue weighted by Gasteiger charge is -2.41. The molecule has 0 bridgehead atoms. The molecule has 4 rings (SSSR count). The molecule has 0 radical (unpaired) electrons. The van der Waals surface area contributed by atoms with Crippen LogP contribution in [0.4, 0.5) is 0 Å². The third kappa shape index (κ3) is 5.93. The molecule has 33 heavy (non-hydrogen) atoms. The number of piperazine rings is 1. The topological polar surface area (TPSA) is 82.6 Å². The molecule has 2 fully saturated rings. The number of sulfonamides is 1. The van der Waals surface area contributed by atoms with Crippen LogP contribution in [0.15, 0.2) is 23.1 Å². The molecule has 2 aliphatic rings. The number of aromatic nitrogens is 1. The Hall–Kier alpha value is -1.55. The Morgan fingerprint density at radius 1 is 1.15 bits per heavy atom. The van der Waals surface area contributed by atoms with E-state index in [-0.39, 0.29) is 16.7 Å². The smallest absolute Gasteiger partial charge is 0.241 e. The zero-order valence-corrected chi connectivity index (χ0v) is 21.6. The van der Waals surface area contributed by atoms with Gasteiger partial charge in [-0.25, -0.2) is 13.4 Å². The fourth-order valence-corrected chi connectivity index (χ4v) is 7.26. The van der Waals surface area contributed by atoms with Gasteiger partial charge in [-0.1, -0.05) is 33.1 Å². The minimum atomic E-state index is -3.83. The number of fused-ring (bicyclic) bond motifs is 1. The fraction of sp³-hybridized carbons (Fsp3) is 0.667. The second-order valence-electron chi connectivity index (χ2n) is 9.82. The Kier molecular flexibility index (Phi) is 7.73. The first kappa shape index (κ1) is 24.6. The average Bonchev–Trinajstić information content (AvgIpc) is 3.17. The van der Waals surface area contributed by atoms with Crippen molar-refractivity contribution in [3.05, 3.63) is 23.2 Å². The van der Waals surface area contributed by atoms with Crippen LogP contribution in [-0.4, -0.2) is 67.4 Å². The molecule has 1 aliphatic carbocycles. The molecular formula is C24H36N4O3S2. The number of benzene rings is 1. The molecule has 1 amide bonds. The molecule has 1 aromatic heterocycles. The first-order chi connectivity index (χ1) is 15.7. The maximum atomic E-state index is 13.4. The zero-order chi connectivity index (χ0) is 23.6. The summed E-state index contributed by atoms with van der Waals surface area (Å²) in [5, 5.41) is 0.896. The van der Waals surface area contributed by atoms with E-state index < -0.39 is 16.1 Å². The van der Waals surface area contributed by atoms with Crippen LogP contribution in [0.3, 0.4) is 0 Å². The van der Waals surface area contributed by atoms with E-state index in [1.807, 2.05) is 25.7 Å².